The summed E-state index contributed by atoms with van der Waals surface area (Å²) in [6.45, 7) is 4.49. The van der Waals surface area contributed by atoms with Crippen LogP contribution in [0.2, 0.25) is 0 Å². The SMILES string of the molecule is CCOc1ccc(C(F)(F)F)cc1NC(=O)CN(CC)c1ccccc1. The van der Waals surface area contributed by atoms with Gasteiger partial charge in [-0.05, 0) is 44.2 Å². The van der Waals surface area contributed by atoms with Crippen molar-refractivity contribution in [3.8, 4) is 5.75 Å². The van der Waals surface area contributed by atoms with Gasteiger partial charge in [0.15, 0.2) is 0 Å². The maximum absolute atomic E-state index is 12.9. The van der Waals surface area contributed by atoms with E-state index in [0.29, 0.717) is 6.54 Å². The van der Waals surface area contributed by atoms with Crippen LogP contribution in [0.3, 0.4) is 0 Å². The molecule has 0 heterocycles. The van der Waals surface area contributed by atoms with Crippen LogP contribution < -0.4 is 15.0 Å². The average Bonchev–Trinajstić information content (AvgIpc) is 2.61. The molecule has 1 N–H and O–H groups in total. The van der Waals surface area contributed by atoms with E-state index >= 15 is 0 Å². The highest BCUT2D eigenvalue weighted by molar-refractivity contribution is 5.95. The molecule has 2 aromatic rings. The first-order chi connectivity index (χ1) is 12.3. The number of anilines is 2. The Morgan fingerprint density at radius 1 is 1.12 bits per heavy atom. The van der Waals surface area contributed by atoms with E-state index in [1.807, 2.05) is 42.2 Å². The predicted molar refractivity (Wildman–Crippen MR) is 95.6 cm³/mol. The van der Waals surface area contributed by atoms with Gasteiger partial charge in [-0.3, -0.25) is 4.79 Å². The van der Waals surface area contributed by atoms with Crippen molar-refractivity contribution >= 4 is 17.3 Å². The molecule has 0 radical (unpaired) electrons. The van der Waals surface area contributed by atoms with Crippen LogP contribution in [-0.2, 0) is 11.0 Å². The van der Waals surface area contributed by atoms with Crippen molar-refractivity contribution in [1.82, 2.24) is 0 Å². The molecule has 4 nitrogen and oxygen atoms in total. The zero-order chi connectivity index (χ0) is 19.2. The Bertz CT molecular complexity index is 733. The fourth-order valence-electron chi connectivity index (χ4n) is 2.47. The summed E-state index contributed by atoms with van der Waals surface area (Å²) in [7, 11) is 0. The van der Waals surface area contributed by atoms with Gasteiger partial charge >= 0.3 is 6.18 Å². The molecule has 26 heavy (non-hydrogen) atoms. The van der Waals surface area contributed by atoms with Gasteiger partial charge in [-0.1, -0.05) is 18.2 Å². The number of carbonyl (C=O) groups is 1. The van der Waals surface area contributed by atoms with E-state index in [2.05, 4.69) is 5.32 Å². The van der Waals surface area contributed by atoms with Crippen molar-refractivity contribution in [1.29, 1.82) is 0 Å². The number of hydrogen-bond acceptors (Lipinski definition) is 3. The summed E-state index contributed by atoms with van der Waals surface area (Å²) in [5.74, 6) is -0.215. The molecule has 0 aromatic heterocycles. The number of hydrogen-bond donors (Lipinski definition) is 1. The molecule has 2 aromatic carbocycles. The second kappa shape index (κ2) is 8.60. The van der Waals surface area contributed by atoms with E-state index < -0.39 is 17.6 Å². The van der Waals surface area contributed by atoms with Crippen molar-refractivity contribution in [2.45, 2.75) is 20.0 Å². The van der Waals surface area contributed by atoms with Gasteiger partial charge in [-0.25, -0.2) is 0 Å². The zero-order valence-electron chi connectivity index (χ0n) is 14.6. The van der Waals surface area contributed by atoms with E-state index in [1.165, 1.54) is 6.07 Å². The van der Waals surface area contributed by atoms with E-state index in [0.717, 1.165) is 17.8 Å². The number of alkyl halides is 3. The van der Waals surface area contributed by atoms with Crippen LogP contribution in [0.25, 0.3) is 0 Å². The van der Waals surface area contributed by atoms with E-state index in [9.17, 15) is 18.0 Å². The van der Waals surface area contributed by atoms with Gasteiger partial charge in [0.1, 0.15) is 5.75 Å². The summed E-state index contributed by atoms with van der Waals surface area (Å²) in [6, 6.07) is 12.4. The number of halogens is 3. The van der Waals surface area contributed by atoms with E-state index in [-0.39, 0.29) is 24.6 Å². The third-order valence-electron chi connectivity index (χ3n) is 3.72. The molecule has 0 atom stereocenters. The van der Waals surface area contributed by atoms with Crippen LogP contribution in [0.4, 0.5) is 24.5 Å². The van der Waals surface area contributed by atoms with Crippen molar-refractivity contribution in [3.05, 3.63) is 54.1 Å². The molecular weight excluding hydrogens is 345 g/mol. The highest BCUT2D eigenvalue weighted by Crippen LogP contribution is 2.35. The van der Waals surface area contributed by atoms with Crippen molar-refractivity contribution in [3.63, 3.8) is 0 Å². The third kappa shape index (κ3) is 5.15. The second-order valence-corrected chi connectivity index (χ2v) is 5.54. The first-order valence-corrected chi connectivity index (χ1v) is 8.29. The Morgan fingerprint density at radius 3 is 2.38 bits per heavy atom. The number of benzene rings is 2. The molecule has 0 bridgehead atoms. The van der Waals surface area contributed by atoms with Crippen LogP contribution in [0.15, 0.2) is 48.5 Å². The maximum atomic E-state index is 12.9. The molecular formula is C19H21F3N2O2. The van der Waals surface area contributed by atoms with Gasteiger partial charge < -0.3 is 15.0 Å². The molecule has 1 amide bonds. The summed E-state index contributed by atoms with van der Waals surface area (Å²) < 4.78 is 44.2. The third-order valence-corrected chi connectivity index (χ3v) is 3.72. The van der Waals surface area contributed by atoms with E-state index in [1.54, 1.807) is 6.92 Å². The minimum Gasteiger partial charge on any atom is -0.492 e. The number of nitrogens with one attached hydrogen (secondary N) is 1. The van der Waals surface area contributed by atoms with Gasteiger partial charge in [0.05, 0.1) is 24.4 Å². The van der Waals surface area contributed by atoms with Crippen LogP contribution in [0.1, 0.15) is 19.4 Å². The maximum Gasteiger partial charge on any atom is 0.416 e. The first-order valence-electron chi connectivity index (χ1n) is 8.29. The minimum absolute atomic E-state index is 0.00999. The quantitative estimate of drug-likeness (QED) is 0.781. The molecule has 0 aliphatic rings. The normalized spacial score (nSPS) is 11.1. The fourth-order valence-corrected chi connectivity index (χ4v) is 2.47. The Kier molecular flexibility index (Phi) is 6.49. The van der Waals surface area contributed by atoms with Crippen LogP contribution in [0.5, 0.6) is 5.75 Å². The first kappa shape index (κ1) is 19.6. The van der Waals surface area contributed by atoms with Crippen LogP contribution in [0, 0.1) is 0 Å². The number of nitrogens with zero attached hydrogens (tertiary/aromatic N) is 1. The molecule has 0 aliphatic heterocycles. The molecule has 0 spiro atoms. The lowest BCUT2D eigenvalue weighted by atomic mass is 10.1. The number of para-hydroxylation sites is 1. The molecule has 2 rings (SSSR count). The van der Waals surface area contributed by atoms with Gasteiger partial charge in [0.2, 0.25) is 5.91 Å². The second-order valence-electron chi connectivity index (χ2n) is 5.54. The minimum atomic E-state index is -4.50. The Morgan fingerprint density at radius 2 is 1.81 bits per heavy atom. The topological polar surface area (TPSA) is 41.6 Å². The predicted octanol–water partition coefficient (Wildman–Crippen LogP) is 4.57. The largest absolute Gasteiger partial charge is 0.492 e. The average molecular weight is 366 g/mol. The van der Waals surface area contributed by atoms with Gasteiger partial charge in [-0.15, -0.1) is 0 Å². The molecule has 0 unspecified atom stereocenters. The Labute approximate surface area is 150 Å². The highest BCUT2D eigenvalue weighted by Gasteiger charge is 2.31. The standard InChI is InChI=1S/C19H21F3N2O2/c1-3-24(15-8-6-5-7-9-15)13-18(25)23-16-12-14(19(20,21)22)10-11-17(16)26-4-2/h5-12H,3-4,13H2,1-2H3,(H,23,25). The molecule has 7 heteroatoms. The summed E-state index contributed by atoms with van der Waals surface area (Å²) in [5, 5.41) is 2.54. The van der Waals surface area contributed by atoms with Crippen LogP contribution >= 0.6 is 0 Å². The van der Waals surface area contributed by atoms with Crippen molar-refractivity contribution in [2.75, 3.05) is 29.9 Å². The van der Waals surface area contributed by atoms with Crippen molar-refractivity contribution in [2.24, 2.45) is 0 Å². The van der Waals surface area contributed by atoms with Gasteiger partial charge in [-0.2, -0.15) is 13.2 Å². The fraction of sp³-hybridized carbons (Fsp3) is 0.316. The van der Waals surface area contributed by atoms with Gasteiger partial charge in [0, 0.05) is 12.2 Å². The number of amides is 1. The van der Waals surface area contributed by atoms with Crippen LogP contribution in [-0.4, -0.2) is 25.6 Å². The molecule has 0 saturated carbocycles. The van der Waals surface area contributed by atoms with E-state index in [4.69, 9.17) is 4.74 Å². The molecule has 140 valence electrons. The number of rotatable bonds is 7. The molecule has 0 aliphatic carbocycles. The monoisotopic (exact) mass is 366 g/mol. The Hall–Kier alpha value is -2.70. The zero-order valence-corrected chi connectivity index (χ0v) is 14.6. The van der Waals surface area contributed by atoms with Gasteiger partial charge in [0.25, 0.3) is 0 Å². The Balaban J connectivity index is 2.18. The number of likely N-dealkylation sites (N-methyl/N-ethyl adjacent to an activating group) is 1. The molecule has 0 fully saturated rings. The highest BCUT2D eigenvalue weighted by atomic mass is 19.4. The lowest BCUT2D eigenvalue weighted by Gasteiger charge is -2.23. The lowest BCUT2D eigenvalue weighted by molar-refractivity contribution is -0.137. The van der Waals surface area contributed by atoms with Crippen molar-refractivity contribution < 1.29 is 22.7 Å². The summed E-state index contributed by atoms with van der Waals surface area (Å²) in [6.07, 6.45) is -4.50. The number of carbonyl (C=O) groups excluding carboxylic acids is 1. The molecule has 0 saturated heterocycles. The summed E-state index contributed by atoms with van der Waals surface area (Å²) >= 11 is 0. The smallest absolute Gasteiger partial charge is 0.416 e. The summed E-state index contributed by atoms with van der Waals surface area (Å²) in [4.78, 5) is 14.2. The lowest BCUT2D eigenvalue weighted by Crippen LogP contribution is -2.33. The number of ether oxygens (including phenoxy) is 1. The summed E-state index contributed by atoms with van der Waals surface area (Å²) in [5.41, 5.74) is 0.0293.